The van der Waals surface area contributed by atoms with Gasteiger partial charge in [0.2, 0.25) is 0 Å². The Bertz CT molecular complexity index is 795. The maximum absolute atomic E-state index is 12.2. The minimum absolute atomic E-state index is 0.0583. The summed E-state index contributed by atoms with van der Waals surface area (Å²) in [5, 5.41) is 9.60. The summed E-state index contributed by atoms with van der Waals surface area (Å²) >= 11 is 0. The monoisotopic (exact) mass is 777 g/mol. The molecule has 0 bridgehead atoms. The van der Waals surface area contributed by atoms with Crippen LogP contribution in [0.3, 0.4) is 0 Å². The Balaban J connectivity index is 3.42. The Morgan fingerprint density at radius 3 is 0.982 bits per heavy atom. The number of carbonyl (C=O) groups is 2. The van der Waals surface area contributed by atoms with Crippen LogP contribution in [0.5, 0.6) is 0 Å². The van der Waals surface area contributed by atoms with Gasteiger partial charge in [0.15, 0.2) is 6.10 Å². The van der Waals surface area contributed by atoms with E-state index in [2.05, 4.69) is 26.0 Å². The predicted octanol–water partition coefficient (Wildman–Crippen LogP) is 16.0. The molecule has 5 heteroatoms. The second-order valence-electron chi connectivity index (χ2n) is 16.9. The van der Waals surface area contributed by atoms with E-state index >= 15 is 0 Å². The van der Waals surface area contributed by atoms with Gasteiger partial charge in [-0.25, -0.2) is 0 Å². The standard InChI is InChI=1S/C50H96O5/c1-3-5-7-9-11-13-15-17-19-20-21-22-23-24-25-26-27-28-29-30-31-33-35-37-39-41-43-45-50(53)55-48(46-51)47-54-49(52)44-42-40-38-36-34-32-18-16-14-12-10-8-6-4-2/h20-21,48,51H,3-19,22-47H2,1-2H3/b21-20-. The van der Waals surface area contributed by atoms with Gasteiger partial charge in [-0.15, -0.1) is 0 Å². The molecular formula is C50H96O5. The van der Waals surface area contributed by atoms with Crippen LogP contribution in [0, 0.1) is 0 Å². The van der Waals surface area contributed by atoms with Crippen LogP contribution in [-0.2, 0) is 19.1 Å². The van der Waals surface area contributed by atoms with Gasteiger partial charge in [-0.1, -0.05) is 238 Å². The number of aliphatic hydroxyl groups excluding tert-OH is 1. The van der Waals surface area contributed by atoms with E-state index in [9.17, 15) is 14.7 Å². The second-order valence-corrected chi connectivity index (χ2v) is 16.9. The molecule has 1 unspecified atom stereocenters. The van der Waals surface area contributed by atoms with E-state index in [1.807, 2.05) is 0 Å². The summed E-state index contributed by atoms with van der Waals surface area (Å²) < 4.78 is 10.7. The molecule has 0 saturated heterocycles. The van der Waals surface area contributed by atoms with Gasteiger partial charge in [-0.3, -0.25) is 9.59 Å². The Kier molecular flexibility index (Phi) is 45.9. The molecule has 0 fully saturated rings. The normalized spacial score (nSPS) is 12.1. The summed E-state index contributed by atoms with van der Waals surface area (Å²) in [6, 6.07) is 0. The van der Waals surface area contributed by atoms with Gasteiger partial charge in [0.25, 0.3) is 0 Å². The van der Waals surface area contributed by atoms with Crippen molar-refractivity contribution in [2.45, 2.75) is 283 Å². The van der Waals surface area contributed by atoms with Crippen molar-refractivity contribution in [3.63, 3.8) is 0 Å². The first-order chi connectivity index (χ1) is 27.1. The van der Waals surface area contributed by atoms with Crippen molar-refractivity contribution in [1.82, 2.24) is 0 Å². The molecule has 0 heterocycles. The number of hydrogen-bond donors (Lipinski definition) is 1. The average molecular weight is 777 g/mol. The SMILES string of the molecule is CCCCCCCCCC/C=C\CCCCCCCCCCCCCCCCCC(=O)OC(CO)COC(=O)CCCCCCCCCCCCCCCC. The summed E-state index contributed by atoms with van der Waals surface area (Å²) in [4.78, 5) is 24.4. The van der Waals surface area contributed by atoms with Crippen LogP contribution in [0.1, 0.15) is 277 Å². The summed E-state index contributed by atoms with van der Waals surface area (Å²) in [6.07, 6.45) is 55.9. The molecule has 5 nitrogen and oxygen atoms in total. The third-order valence-corrected chi connectivity index (χ3v) is 11.3. The van der Waals surface area contributed by atoms with E-state index in [1.165, 1.54) is 218 Å². The highest BCUT2D eigenvalue weighted by molar-refractivity contribution is 5.70. The summed E-state index contributed by atoms with van der Waals surface area (Å²) in [7, 11) is 0. The zero-order valence-electron chi connectivity index (χ0n) is 37.2. The molecule has 1 N–H and O–H groups in total. The van der Waals surface area contributed by atoms with Crippen LogP contribution >= 0.6 is 0 Å². The highest BCUT2D eigenvalue weighted by Crippen LogP contribution is 2.16. The van der Waals surface area contributed by atoms with Gasteiger partial charge in [0.05, 0.1) is 6.61 Å². The number of carbonyl (C=O) groups excluding carboxylic acids is 2. The molecule has 0 aromatic carbocycles. The van der Waals surface area contributed by atoms with E-state index in [0.717, 1.165) is 32.1 Å². The largest absolute Gasteiger partial charge is 0.462 e. The van der Waals surface area contributed by atoms with Crippen molar-refractivity contribution >= 4 is 11.9 Å². The van der Waals surface area contributed by atoms with Gasteiger partial charge >= 0.3 is 11.9 Å². The van der Waals surface area contributed by atoms with E-state index < -0.39 is 6.10 Å². The fourth-order valence-electron chi connectivity index (χ4n) is 7.55. The third kappa shape index (κ3) is 45.2. The Hall–Kier alpha value is -1.36. The van der Waals surface area contributed by atoms with Gasteiger partial charge in [0, 0.05) is 12.8 Å². The number of aliphatic hydroxyl groups is 1. The molecule has 0 spiro atoms. The number of allylic oxidation sites excluding steroid dienone is 2. The van der Waals surface area contributed by atoms with Gasteiger partial charge in [0.1, 0.15) is 6.61 Å². The highest BCUT2D eigenvalue weighted by Gasteiger charge is 2.16. The second kappa shape index (κ2) is 47.0. The van der Waals surface area contributed by atoms with Crippen molar-refractivity contribution in [3.8, 4) is 0 Å². The third-order valence-electron chi connectivity index (χ3n) is 11.3. The fourth-order valence-corrected chi connectivity index (χ4v) is 7.55. The molecule has 0 aromatic rings. The first-order valence-corrected chi connectivity index (χ1v) is 24.7. The fraction of sp³-hybridized carbons (Fsp3) is 0.920. The average Bonchev–Trinajstić information content (AvgIpc) is 3.19. The van der Waals surface area contributed by atoms with Crippen LogP contribution in [-0.4, -0.2) is 36.4 Å². The lowest BCUT2D eigenvalue weighted by Crippen LogP contribution is -2.28. The maximum Gasteiger partial charge on any atom is 0.306 e. The summed E-state index contributed by atoms with van der Waals surface area (Å²) in [6.45, 7) is 4.18. The minimum atomic E-state index is -0.764. The molecule has 0 aliphatic heterocycles. The van der Waals surface area contributed by atoms with Crippen LogP contribution in [0.2, 0.25) is 0 Å². The number of ether oxygens (including phenoxy) is 2. The van der Waals surface area contributed by atoms with Crippen LogP contribution < -0.4 is 0 Å². The molecular weight excluding hydrogens is 681 g/mol. The van der Waals surface area contributed by atoms with E-state index in [0.29, 0.717) is 12.8 Å². The van der Waals surface area contributed by atoms with Gasteiger partial charge < -0.3 is 14.6 Å². The molecule has 0 rings (SSSR count). The van der Waals surface area contributed by atoms with Crippen LogP contribution in [0.25, 0.3) is 0 Å². The molecule has 326 valence electrons. The number of unbranched alkanes of at least 4 members (excludes halogenated alkanes) is 36. The Morgan fingerprint density at radius 2 is 0.673 bits per heavy atom. The van der Waals surface area contributed by atoms with Gasteiger partial charge in [-0.05, 0) is 38.5 Å². The predicted molar refractivity (Wildman–Crippen MR) is 238 cm³/mol. The number of esters is 2. The first-order valence-electron chi connectivity index (χ1n) is 24.7. The molecule has 0 aromatic heterocycles. The molecule has 0 aliphatic rings. The number of hydrogen-bond acceptors (Lipinski definition) is 5. The lowest BCUT2D eigenvalue weighted by molar-refractivity contribution is -0.161. The maximum atomic E-state index is 12.2. The summed E-state index contributed by atoms with van der Waals surface area (Å²) in [5.74, 6) is -0.573. The molecule has 55 heavy (non-hydrogen) atoms. The Labute approximate surface area is 343 Å². The van der Waals surface area contributed by atoms with Crippen molar-refractivity contribution in [2.75, 3.05) is 13.2 Å². The van der Waals surface area contributed by atoms with Crippen molar-refractivity contribution < 1.29 is 24.2 Å². The van der Waals surface area contributed by atoms with Crippen molar-refractivity contribution in [1.29, 1.82) is 0 Å². The molecule has 0 radical (unpaired) electrons. The summed E-state index contributed by atoms with van der Waals surface area (Å²) in [5.41, 5.74) is 0. The van der Waals surface area contributed by atoms with Gasteiger partial charge in [-0.2, -0.15) is 0 Å². The topological polar surface area (TPSA) is 72.8 Å². The quantitative estimate of drug-likeness (QED) is 0.0379. The first kappa shape index (κ1) is 53.6. The van der Waals surface area contributed by atoms with Crippen molar-refractivity contribution in [3.05, 3.63) is 12.2 Å². The zero-order chi connectivity index (χ0) is 40.0. The molecule has 0 aliphatic carbocycles. The van der Waals surface area contributed by atoms with Crippen LogP contribution in [0.4, 0.5) is 0 Å². The minimum Gasteiger partial charge on any atom is -0.462 e. The van der Waals surface area contributed by atoms with E-state index in [-0.39, 0.29) is 25.2 Å². The molecule has 0 saturated carbocycles. The van der Waals surface area contributed by atoms with Crippen LogP contribution in [0.15, 0.2) is 12.2 Å². The highest BCUT2D eigenvalue weighted by atomic mass is 16.6. The Morgan fingerprint density at radius 1 is 0.400 bits per heavy atom. The zero-order valence-corrected chi connectivity index (χ0v) is 37.2. The lowest BCUT2D eigenvalue weighted by Gasteiger charge is -2.15. The van der Waals surface area contributed by atoms with Crippen molar-refractivity contribution in [2.24, 2.45) is 0 Å². The van der Waals surface area contributed by atoms with E-state index in [4.69, 9.17) is 9.47 Å². The number of rotatable bonds is 46. The smallest absolute Gasteiger partial charge is 0.306 e. The lowest BCUT2D eigenvalue weighted by atomic mass is 10.0. The van der Waals surface area contributed by atoms with E-state index in [1.54, 1.807) is 0 Å². The molecule has 0 amide bonds. The molecule has 1 atom stereocenters.